The number of ether oxygens (including phenoxy) is 4. The fourth-order valence-corrected chi connectivity index (χ4v) is 2.52. The molecule has 5 heteroatoms. The van der Waals surface area contributed by atoms with Gasteiger partial charge in [0.2, 0.25) is 13.6 Å². The van der Waals surface area contributed by atoms with Gasteiger partial charge in [0, 0.05) is 18.7 Å². The predicted molar refractivity (Wildman–Crippen MR) is 75.7 cm³/mol. The second-order valence-electron chi connectivity index (χ2n) is 4.94. The van der Waals surface area contributed by atoms with Gasteiger partial charge in [0.1, 0.15) is 0 Å². The molecule has 0 unspecified atom stereocenters. The van der Waals surface area contributed by atoms with E-state index in [-0.39, 0.29) is 0 Å². The lowest BCUT2D eigenvalue weighted by Crippen LogP contribution is -2.13. The quantitative estimate of drug-likeness (QED) is 0.935. The molecule has 0 bridgehead atoms. The molecule has 0 atom stereocenters. The molecule has 2 aliphatic rings. The maximum atomic E-state index is 5.49. The van der Waals surface area contributed by atoms with Gasteiger partial charge in [0.15, 0.2) is 23.0 Å². The maximum Gasteiger partial charge on any atom is 0.231 e. The summed E-state index contributed by atoms with van der Waals surface area (Å²) >= 11 is 0. The number of rotatable bonds is 4. The highest BCUT2D eigenvalue weighted by Gasteiger charge is 2.17. The van der Waals surface area contributed by atoms with Crippen LogP contribution in [0, 0.1) is 0 Å². The Balaban J connectivity index is 1.41. The number of fused-ring (bicyclic) bond motifs is 2. The third-order valence-electron chi connectivity index (χ3n) is 3.56. The lowest BCUT2D eigenvalue weighted by atomic mass is 10.1. The van der Waals surface area contributed by atoms with Crippen molar-refractivity contribution in [2.45, 2.75) is 13.1 Å². The van der Waals surface area contributed by atoms with Gasteiger partial charge in [-0.25, -0.2) is 0 Å². The summed E-state index contributed by atoms with van der Waals surface area (Å²) in [6, 6.07) is 11.9. The van der Waals surface area contributed by atoms with E-state index >= 15 is 0 Å². The Kier molecular flexibility index (Phi) is 3.05. The number of benzene rings is 2. The molecule has 2 heterocycles. The summed E-state index contributed by atoms with van der Waals surface area (Å²) in [5, 5.41) is 3.41. The minimum atomic E-state index is 0.300. The van der Waals surface area contributed by atoms with Crippen LogP contribution in [0.25, 0.3) is 0 Å². The van der Waals surface area contributed by atoms with Crippen LogP contribution in [0.4, 0.5) is 0 Å². The maximum absolute atomic E-state index is 5.49. The average Bonchev–Trinajstić information content (AvgIpc) is 3.15. The molecule has 0 fully saturated rings. The number of para-hydroxylation sites is 1. The van der Waals surface area contributed by atoms with Gasteiger partial charge in [-0.2, -0.15) is 0 Å². The van der Waals surface area contributed by atoms with E-state index in [2.05, 4.69) is 5.32 Å². The SMILES string of the molecule is c1cc(CNCc2ccc3c(c2)OCO3)c2c(c1)OCO2. The third-order valence-corrected chi connectivity index (χ3v) is 3.56. The molecule has 4 rings (SSSR count). The Morgan fingerprint density at radius 1 is 0.810 bits per heavy atom. The van der Waals surface area contributed by atoms with Gasteiger partial charge in [-0.05, 0) is 23.8 Å². The molecular formula is C16H15NO4. The van der Waals surface area contributed by atoms with Crippen LogP contribution >= 0.6 is 0 Å². The van der Waals surface area contributed by atoms with Crippen molar-refractivity contribution < 1.29 is 18.9 Å². The topological polar surface area (TPSA) is 49.0 Å². The Bertz CT molecular complexity index is 671. The number of hydrogen-bond donors (Lipinski definition) is 1. The summed E-state index contributed by atoms with van der Waals surface area (Å²) in [6.45, 7) is 2.08. The smallest absolute Gasteiger partial charge is 0.231 e. The first-order valence-corrected chi connectivity index (χ1v) is 6.87. The third kappa shape index (κ3) is 2.36. The summed E-state index contributed by atoms with van der Waals surface area (Å²) in [6.07, 6.45) is 0. The van der Waals surface area contributed by atoms with Gasteiger partial charge in [-0.1, -0.05) is 18.2 Å². The van der Waals surface area contributed by atoms with Crippen molar-refractivity contribution in [3.05, 3.63) is 47.5 Å². The lowest BCUT2D eigenvalue weighted by Gasteiger charge is -2.08. The van der Waals surface area contributed by atoms with Gasteiger partial charge < -0.3 is 24.3 Å². The van der Waals surface area contributed by atoms with Crippen molar-refractivity contribution in [3.8, 4) is 23.0 Å². The molecule has 5 nitrogen and oxygen atoms in total. The molecule has 0 amide bonds. The van der Waals surface area contributed by atoms with Crippen molar-refractivity contribution in [2.75, 3.05) is 13.6 Å². The zero-order valence-electron chi connectivity index (χ0n) is 11.4. The van der Waals surface area contributed by atoms with E-state index in [4.69, 9.17) is 18.9 Å². The van der Waals surface area contributed by atoms with Crippen LogP contribution in [0.5, 0.6) is 23.0 Å². The van der Waals surface area contributed by atoms with Crippen molar-refractivity contribution in [2.24, 2.45) is 0 Å². The van der Waals surface area contributed by atoms with Crippen LogP contribution in [0.1, 0.15) is 11.1 Å². The fourth-order valence-electron chi connectivity index (χ4n) is 2.52. The summed E-state index contributed by atoms with van der Waals surface area (Å²) in [4.78, 5) is 0. The Hall–Kier alpha value is -2.40. The Labute approximate surface area is 122 Å². The zero-order valence-corrected chi connectivity index (χ0v) is 11.4. The summed E-state index contributed by atoms with van der Waals surface area (Å²) in [5.74, 6) is 3.28. The predicted octanol–water partition coefficient (Wildman–Crippen LogP) is 2.43. The van der Waals surface area contributed by atoms with E-state index in [1.54, 1.807) is 0 Å². The van der Waals surface area contributed by atoms with Crippen LogP contribution in [-0.2, 0) is 13.1 Å². The van der Waals surface area contributed by atoms with Crippen LogP contribution < -0.4 is 24.3 Å². The molecular weight excluding hydrogens is 270 g/mol. The normalized spacial score (nSPS) is 14.5. The molecule has 0 spiro atoms. The van der Waals surface area contributed by atoms with Crippen LogP contribution in [-0.4, -0.2) is 13.6 Å². The molecule has 2 aromatic carbocycles. The summed E-state index contributed by atoms with van der Waals surface area (Å²) in [5.41, 5.74) is 2.26. The average molecular weight is 285 g/mol. The number of nitrogens with one attached hydrogen (secondary N) is 1. The molecule has 108 valence electrons. The molecule has 0 saturated carbocycles. The fraction of sp³-hybridized carbons (Fsp3) is 0.250. The van der Waals surface area contributed by atoms with Crippen molar-refractivity contribution in [1.29, 1.82) is 0 Å². The van der Waals surface area contributed by atoms with Crippen LogP contribution in [0.15, 0.2) is 36.4 Å². The molecule has 2 aromatic rings. The second kappa shape index (κ2) is 5.18. The van der Waals surface area contributed by atoms with Gasteiger partial charge >= 0.3 is 0 Å². The monoisotopic (exact) mass is 285 g/mol. The highest BCUT2D eigenvalue weighted by Crippen LogP contribution is 2.35. The summed E-state index contributed by atoms with van der Waals surface area (Å²) < 4.78 is 21.6. The molecule has 1 N–H and O–H groups in total. The minimum absolute atomic E-state index is 0.300. The molecule has 0 radical (unpaired) electrons. The summed E-state index contributed by atoms with van der Waals surface area (Å²) in [7, 11) is 0. The Morgan fingerprint density at radius 2 is 1.67 bits per heavy atom. The Morgan fingerprint density at radius 3 is 2.67 bits per heavy atom. The molecule has 21 heavy (non-hydrogen) atoms. The standard InChI is InChI=1S/C16H15NO4/c1-2-12(16-14(3-1)19-10-21-16)8-17-7-11-4-5-13-15(6-11)20-9-18-13/h1-6,17H,7-10H2. The van der Waals surface area contributed by atoms with E-state index in [0.29, 0.717) is 13.6 Å². The van der Waals surface area contributed by atoms with Gasteiger partial charge in [-0.3, -0.25) is 0 Å². The first kappa shape index (κ1) is 12.3. The second-order valence-corrected chi connectivity index (χ2v) is 4.94. The van der Waals surface area contributed by atoms with Gasteiger partial charge in [-0.15, -0.1) is 0 Å². The molecule has 2 aliphatic heterocycles. The lowest BCUT2D eigenvalue weighted by molar-refractivity contribution is 0.173. The first-order chi connectivity index (χ1) is 10.4. The molecule has 0 saturated heterocycles. The molecule has 0 aliphatic carbocycles. The van der Waals surface area contributed by atoms with Gasteiger partial charge in [0.25, 0.3) is 0 Å². The largest absolute Gasteiger partial charge is 0.454 e. The van der Waals surface area contributed by atoms with E-state index in [0.717, 1.165) is 47.2 Å². The van der Waals surface area contributed by atoms with Crippen molar-refractivity contribution >= 4 is 0 Å². The highest BCUT2D eigenvalue weighted by molar-refractivity contribution is 5.48. The van der Waals surface area contributed by atoms with E-state index in [9.17, 15) is 0 Å². The van der Waals surface area contributed by atoms with E-state index < -0.39 is 0 Å². The van der Waals surface area contributed by atoms with Crippen LogP contribution in [0.2, 0.25) is 0 Å². The zero-order chi connectivity index (χ0) is 14.1. The van der Waals surface area contributed by atoms with E-state index in [1.165, 1.54) is 0 Å². The van der Waals surface area contributed by atoms with Crippen molar-refractivity contribution in [3.63, 3.8) is 0 Å². The number of hydrogen-bond acceptors (Lipinski definition) is 5. The van der Waals surface area contributed by atoms with E-state index in [1.807, 2.05) is 36.4 Å². The highest BCUT2D eigenvalue weighted by atomic mass is 16.7. The molecule has 0 aromatic heterocycles. The van der Waals surface area contributed by atoms with Crippen LogP contribution in [0.3, 0.4) is 0 Å². The van der Waals surface area contributed by atoms with Crippen molar-refractivity contribution in [1.82, 2.24) is 5.32 Å². The van der Waals surface area contributed by atoms with Gasteiger partial charge in [0.05, 0.1) is 0 Å². The first-order valence-electron chi connectivity index (χ1n) is 6.87. The minimum Gasteiger partial charge on any atom is -0.454 e.